The number of hydrogen-bond acceptors (Lipinski definition) is 0. The van der Waals surface area contributed by atoms with Crippen molar-refractivity contribution in [2.45, 2.75) is 6.18 Å². The summed E-state index contributed by atoms with van der Waals surface area (Å²) >= 11 is 0. The molecule has 88 valence electrons. The molecule has 17 heavy (non-hydrogen) atoms. The van der Waals surface area contributed by atoms with Crippen LogP contribution in [0.5, 0.6) is 0 Å². The Hall–Kier alpha value is -1.90. The SMILES string of the molecule is FC(F)(F)c1ccc([CH-]C=C2C=CC=C2)cc1. The van der Waals surface area contributed by atoms with Gasteiger partial charge in [0.1, 0.15) is 0 Å². The number of alkyl halides is 3. The van der Waals surface area contributed by atoms with Gasteiger partial charge in [-0.2, -0.15) is 13.2 Å². The van der Waals surface area contributed by atoms with Gasteiger partial charge in [0, 0.05) is 5.56 Å². The van der Waals surface area contributed by atoms with Crippen LogP contribution in [0.3, 0.4) is 0 Å². The van der Waals surface area contributed by atoms with Crippen molar-refractivity contribution in [3.8, 4) is 0 Å². The lowest BCUT2D eigenvalue weighted by atomic mass is 10.1. The standard InChI is InChI=1S/C14H10F3/c15-14(16,17)13-9-7-12(8-10-13)6-5-11-3-1-2-4-11/h1-10H/q-1. The van der Waals surface area contributed by atoms with Crippen LogP contribution in [0, 0.1) is 6.42 Å². The molecule has 0 fully saturated rings. The zero-order valence-electron chi connectivity index (χ0n) is 8.91. The molecule has 0 bridgehead atoms. The van der Waals surface area contributed by atoms with Crippen LogP contribution in [-0.2, 0) is 6.18 Å². The van der Waals surface area contributed by atoms with Gasteiger partial charge in [-0.1, -0.05) is 42.0 Å². The minimum atomic E-state index is -4.27. The summed E-state index contributed by atoms with van der Waals surface area (Å²) in [7, 11) is 0. The highest BCUT2D eigenvalue weighted by molar-refractivity contribution is 5.44. The number of benzene rings is 1. The van der Waals surface area contributed by atoms with Crippen LogP contribution in [-0.4, -0.2) is 0 Å². The van der Waals surface area contributed by atoms with Gasteiger partial charge >= 0.3 is 6.18 Å². The molecule has 2 rings (SSSR count). The molecule has 0 nitrogen and oxygen atoms in total. The van der Waals surface area contributed by atoms with E-state index < -0.39 is 11.7 Å². The summed E-state index contributed by atoms with van der Waals surface area (Å²) in [6, 6.07) is 5.10. The molecule has 0 saturated heterocycles. The maximum Gasteiger partial charge on any atom is 0.414 e. The number of hydrogen-bond donors (Lipinski definition) is 0. The van der Waals surface area contributed by atoms with E-state index in [-0.39, 0.29) is 0 Å². The first-order chi connectivity index (χ1) is 8.05. The van der Waals surface area contributed by atoms with Gasteiger partial charge in [-0.15, -0.1) is 30.2 Å². The largest absolute Gasteiger partial charge is 0.414 e. The summed E-state index contributed by atoms with van der Waals surface area (Å²) in [5.41, 5.74) is 1.16. The van der Waals surface area contributed by atoms with Crippen LogP contribution in [0.1, 0.15) is 11.1 Å². The van der Waals surface area contributed by atoms with Crippen molar-refractivity contribution in [3.05, 3.63) is 77.8 Å². The van der Waals surface area contributed by atoms with Crippen LogP contribution in [0.15, 0.2) is 60.2 Å². The monoisotopic (exact) mass is 235 g/mol. The molecule has 0 saturated carbocycles. The first-order valence-electron chi connectivity index (χ1n) is 5.13. The van der Waals surface area contributed by atoms with E-state index in [9.17, 15) is 13.2 Å². The molecule has 0 N–H and O–H groups in total. The Balaban J connectivity index is 2.06. The van der Waals surface area contributed by atoms with Crippen molar-refractivity contribution >= 4 is 0 Å². The van der Waals surface area contributed by atoms with E-state index in [1.807, 2.05) is 30.4 Å². The Kier molecular flexibility index (Phi) is 3.09. The fourth-order valence-electron chi connectivity index (χ4n) is 1.48. The summed E-state index contributed by atoms with van der Waals surface area (Å²) in [6.45, 7) is 0. The normalized spacial score (nSPS) is 14.2. The van der Waals surface area contributed by atoms with E-state index in [4.69, 9.17) is 0 Å². The Morgan fingerprint density at radius 2 is 1.53 bits per heavy atom. The van der Waals surface area contributed by atoms with Crippen molar-refractivity contribution in [3.63, 3.8) is 0 Å². The molecule has 3 heteroatoms. The van der Waals surface area contributed by atoms with Crippen molar-refractivity contribution in [2.24, 2.45) is 0 Å². The first-order valence-corrected chi connectivity index (χ1v) is 5.13. The lowest BCUT2D eigenvalue weighted by molar-refractivity contribution is -0.137. The summed E-state index contributed by atoms with van der Waals surface area (Å²) in [6.07, 6.45) is 7.06. The van der Waals surface area contributed by atoms with Crippen molar-refractivity contribution in [1.29, 1.82) is 0 Å². The van der Waals surface area contributed by atoms with E-state index >= 15 is 0 Å². The van der Waals surface area contributed by atoms with Crippen LogP contribution < -0.4 is 0 Å². The lowest BCUT2D eigenvalue weighted by Gasteiger charge is -2.10. The molecule has 1 aromatic carbocycles. The second-order valence-electron chi connectivity index (χ2n) is 3.67. The van der Waals surface area contributed by atoms with Crippen molar-refractivity contribution in [1.82, 2.24) is 0 Å². The smallest absolute Gasteiger partial charge is 0.166 e. The summed E-state index contributed by atoms with van der Waals surface area (Å²) in [5.74, 6) is 0. The van der Waals surface area contributed by atoms with Crippen LogP contribution >= 0.6 is 0 Å². The molecular weight excluding hydrogens is 225 g/mol. The van der Waals surface area contributed by atoms with Crippen molar-refractivity contribution < 1.29 is 13.2 Å². The van der Waals surface area contributed by atoms with Gasteiger partial charge < -0.3 is 0 Å². The molecule has 0 aromatic heterocycles. The molecule has 0 amide bonds. The van der Waals surface area contributed by atoms with Crippen LogP contribution in [0.25, 0.3) is 0 Å². The van der Waals surface area contributed by atoms with Gasteiger partial charge in [0.15, 0.2) is 0 Å². The minimum absolute atomic E-state index is 0.622. The number of rotatable bonds is 2. The van der Waals surface area contributed by atoms with Gasteiger partial charge in [0.25, 0.3) is 0 Å². The first kappa shape index (κ1) is 11.6. The Morgan fingerprint density at radius 3 is 2.06 bits per heavy atom. The molecule has 0 heterocycles. The quantitative estimate of drug-likeness (QED) is 0.670. The molecule has 0 radical (unpaired) electrons. The highest BCUT2D eigenvalue weighted by Gasteiger charge is 2.28. The van der Waals surface area contributed by atoms with E-state index in [0.717, 1.165) is 23.3 Å². The van der Waals surface area contributed by atoms with E-state index in [0.29, 0.717) is 0 Å². The van der Waals surface area contributed by atoms with Gasteiger partial charge in [-0.05, 0) is 0 Å². The molecule has 1 aromatic rings. The molecule has 0 unspecified atom stereocenters. The van der Waals surface area contributed by atoms with E-state index in [1.165, 1.54) is 12.1 Å². The summed E-state index contributed by atoms with van der Waals surface area (Å²) < 4.78 is 36.9. The maximum absolute atomic E-state index is 12.3. The van der Waals surface area contributed by atoms with Gasteiger partial charge in [-0.3, -0.25) is 0 Å². The molecule has 1 aliphatic rings. The number of allylic oxidation sites excluding steroid dienone is 6. The number of halogens is 3. The summed E-state index contributed by atoms with van der Waals surface area (Å²) in [4.78, 5) is 0. The Morgan fingerprint density at radius 1 is 0.941 bits per heavy atom. The van der Waals surface area contributed by atoms with Gasteiger partial charge in [0.05, 0.1) is 0 Å². The molecule has 0 atom stereocenters. The Labute approximate surface area is 97.8 Å². The lowest BCUT2D eigenvalue weighted by Crippen LogP contribution is -2.04. The highest BCUT2D eigenvalue weighted by Crippen LogP contribution is 2.29. The van der Waals surface area contributed by atoms with Gasteiger partial charge in [-0.25, -0.2) is 0 Å². The average molecular weight is 235 g/mol. The predicted octanol–water partition coefficient (Wildman–Crippen LogP) is 4.31. The van der Waals surface area contributed by atoms with Crippen molar-refractivity contribution in [2.75, 3.05) is 0 Å². The zero-order valence-corrected chi connectivity index (χ0v) is 8.91. The van der Waals surface area contributed by atoms with E-state index in [1.54, 1.807) is 6.42 Å². The third kappa shape index (κ3) is 3.03. The fraction of sp³-hybridized carbons (Fsp3) is 0.0714. The molecular formula is C14H10F3-. The maximum atomic E-state index is 12.3. The third-order valence-corrected chi connectivity index (χ3v) is 2.39. The van der Waals surface area contributed by atoms with E-state index in [2.05, 4.69) is 0 Å². The average Bonchev–Trinajstić information content (AvgIpc) is 2.78. The van der Waals surface area contributed by atoms with Crippen LogP contribution in [0.2, 0.25) is 0 Å². The molecule has 1 aliphatic carbocycles. The predicted molar refractivity (Wildman–Crippen MR) is 61.2 cm³/mol. The highest BCUT2D eigenvalue weighted by atomic mass is 19.4. The topological polar surface area (TPSA) is 0 Å². The van der Waals surface area contributed by atoms with Crippen LogP contribution in [0.4, 0.5) is 13.2 Å². The third-order valence-electron chi connectivity index (χ3n) is 2.39. The molecule has 0 aliphatic heterocycles. The molecule has 0 spiro atoms. The second-order valence-corrected chi connectivity index (χ2v) is 3.67. The minimum Gasteiger partial charge on any atom is -0.166 e. The zero-order chi connectivity index (χ0) is 12.3. The second kappa shape index (κ2) is 4.53. The Bertz CT molecular complexity index is 459. The fourth-order valence-corrected chi connectivity index (χ4v) is 1.48. The van der Waals surface area contributed by atoms with Gasteiger partial charge in [0.2, 0.25) is 0 Å². The summed E-state index contributed by atoms with van der Waals surface area (Å²) in [5, 5.41) is 0.